The molecule has 2 aromatic rings. The molecule has 0 radical (unpaired) electrons. The van der Waals surface area contributed by atoms with Gasteiger partial charge in [-0.15, -0.1) is 5.10 Å². The SMILES string of the molecule is C=C1COCCN(C(=O)c2cn(-c3ccc4c(c3)C(=O)N(C3CCC(=O)NC3=O)C4)nn2)C1. The number of aromatic nitrogens is 3. The summed E-state index contributed by atoms with van der Waals surface area (Å²) in [5.41, 5.74) is 2.81. The average molecular weight is 450 g/mol. The Balaban J connectivity index is 1.35. The van der Waals surface area contributed by atoms with Gasteiger partial charge in [0, 0.05) is 31.6 Å². The van der Waals surface area contributed by atoms with Crippen molar-refractivity contribution in [2.24, 2.45) is 0 Å². The number of fused-ring (bicyclic) bond motifs is 1. The van der Waals surface area contributed by atoms with Crippen LogP contribution in [0.4, 0.5) is 0 Å². The van der Waals surface area contributed by atoms with Crippen LogP contribution < -0.4 is 5.32 Å². The highest BCUT2D eigenvalue weighted by molar-refractivity contribution is 6.05. The Morgan fingerprint density at radius 2 is 2.06 bits per heavy atom. The molecule has 1 unspecified atom stereocenters. The second-order valence-corrected chi connectivity index (χ2v) is 8.32. The number of nitrogens with one attached hydrogen (secondary N) is 1. The topological polar surface area (TPSA) is 127 Å². The maximum Gasteiger partial charge on any atom is 0.276 e. The Morgan fingerprint density at radius 1 is 1.21 bits per heavy atom. The molecule has 3 aliphatic heterocycles. The fourth-order valence-electron chi connectivity index (χ4n) is 4.29. The van der Waals surface area contributed by atoms with Crippen molar-refractivity contribution in [2.45, 2.75) is 25.4 Å². The monoisotopic (exact) mass is 450 g/mol. The highest BCUT2D eigenvalue weighted by Crippen LogP contribution is 2.29. The number of nitrogens with zero attached hydrogens (tertiary/aromatic N) is 5. The number of hydrogen-bond donors (Lipinski definition) is 1. The number of carbonyl (C=O) groups is 4. The van der Waals surface area contributed by atoms with Gasteiger partial charge in [0.25, 0.3) is 11.8 Å². The molecular weight excluding hydrogens is 428 g/mol. The summed E-state index contributed by atoms with van der Waals surface area (Å²) >= 11 is 0. The van der Waals surface area contributed by atoms with Gasteiger partial charge in [0.05, 0.1) is 25.1 Å². The third kappa shape index (κ3) is 3.91. The summed E-state index contributed by atoms with van der Waals surface area (Å²) in [4.78, 5) is 52.6. The van der Waals surface area contributed by atoms with E-state index in [1.165, 1.54) is 15.8 Å². The van der Waals surface area contributed by atoms with Gasteiger partial charge in [-0.05, 0) is 29.7 Å². The Bertz CT molecular complexity index is 1190. The Labute approximate surface area is 189 Å². The van der Waals surface area contributed by atoms with E-state index >= 15 is 0 Å². The largest absolute Gasteiger partial charge is 0.375 e. The van der Waals surface area contributed by atoms with E-state index in [4.69, 9.17) is 4.74 Å². The van der Waals surface area contributed by atoms with Crippen molar-refractivity contribution in [3.63, 3.8) is 0 Å². The minimum Gasteiger partial charge on any atom is -0.375 e. The minimum atomic E-state index is -0.672. The van der Waals surface area contributed by atoms with E-state index in [-0.39, 0.29) is 29.8 Å². The molecule has 33 heavy (non-hydrogen) atoms. The van der Waals surface area contributed by atoms with E-state index in [2.05, 4.69) is 22.2 Å². The van der Waals surface area contributed by atoms with Crippen LogP contribution in [0.2, 0.25) is 0 Å². The number of imide groups is 1. The van der Waals surface area contributed by atoms with Crippen molar-refractivity contribution in [3.05, 3.63) is 53.4 Å². The van der Waals surface area contributed by atoms with Crippen molar-refractivity contribution in [1.82, 2.24) is 30.1 Å². The molecule has 1 aromatic carbocycles. The molecule has 5 rings (SSSR count). The van der Waals surface area contributed by atoms with Crippen LogP contribution in [0.25, 0.3) is 5.69 Å². The summed E-state index contributed by atoms with van der Waals surface area (Å²) in [5, 5.41) is 10.4. The number of piperidine rings is 1. The lowest BCUT2D eigenvalue weighted by Gasteiger charge is -2.29. The molecule has 2 fully saturated rings. The van der Waals surface area contributed by atoms with E-state index in [1.54, 1.807) is 23.1 Å². The number of ether oxygens (including phenoxy) is 1. The van der Waals surface area contributed by atoms with Gasteiger partial charge in [-0.2, -0.15) is 0 Å². The van der Waals surface area contributed by atoms with Crippen LogP contribution >= 0.6 is 0 Å². The Hall–Kier alpha value is -3.86. The van der Waals surface area contributed by atoms with Gasteiger partial charge in [-0.3, -0.25) is 24.5 Å². The molecule has 1 N–H and O–H groups in total. The maximum absolute atomic E-state index is 13.0. The van der Waals surface area contributed by atoms with E-state index in [9.17, 15) is 19.2 Å². The zero-order chi connectivity index (χ0) is 23.1. The van der Waals surface area contributed by atoms with Gasteiger partial charge < -0.3 is 14.5 Å². The molecule has 4 amide bonds. The summed E-state index contributed by atoms with van der Waals surface area (Å²) in [5.74, 6) is -1.32. The zero-order valence-corrected chi connectivity index (χ0v) is 17.8. The molecule has 4 heterocycles. The predicted octanol–water partition coefficient (Wildman–Crippen LogP) is 0.0569. The third-order valence-corrected chi connectivity index (χ3v) is 6.00. The molecular formula is C22H22N6O5. The van der Waals surface area contributed by atoms with Gasteiger partial charge in [0.2, 0.25) is 11.8 Å². The standard InChI is InChI=1S/C22H22N6O5/c1-13-9-26(6-7-33-12-13)22(32)17-11-28(25-24-17)15-3-2-14-10-27(21(31)16(14)8-15)18-4-5-19(29)23-20(18)30/h2-3,8,11,18H,1,4-7,9-10,12H2,(H,23,29,30). The zero-order valence-electron chi connectivity index (χ0n) is 17.8. The van der Waals surface area contributed by atoms with Gasteiger partial charge in [-0.25, -0.2) is 4.68 Å². The first kappa shape index (κ1) is 21.0. The molecule has 0 aliphatic carbocycles. The highest BCUT2D eigenvalue weighted by Gasteiger charge is 2.39. The predicted molar refractivity (Wildman–Crippen MR) is 113 cm³/mol. The molecule has 1 aromatic heterocycles. The van der Waals surface area contributed by atoms with Crippen LogP contribution in [0.3, 0.4) is 0 Å². The molecule has 1 atom stereocenters. The number of rotatable bonds is 3. The molecule has 11 heteroatoms. The highest BCUT2D eigenvalue weighted by atomic mass is 16.5. The van der Waals surface area contributed by atoms with E-state index in [0.29, 0.717) is 50.5 Å². The van der Waals surface area contributed by atoms with Crippen LogP contribution in [0, 0.1) is 0 Å². The fraction of sp³-hybridized carbons (Fsp3) is 0.364. The summed E-state index contributed by atoms with van der Waals surface area (Å²) in [6, 6.07) is 4.58. The smallest absolute Gasteiger partial charge is 0.276 e. The molecule has 2 saturated heterocycles. The Kier molecular flexibility index (Phi) is 5.25. The van der Waals surface area contributed by atoms with Crippen LogP contribution in [0.1, 0.15) is 39.3 Å². The lowest BCUT2D eigenvalue weighted by atomic mass is 10.0. The van der Waals surface area contributed by atoms with E-state index in [0.717, 1.165) is 11.1 Å². The third-order valence-electron chi connectivity index (χ3n) is 6.00. The maximum atomic E-state index is 13.0. The number of amides is 4. The first-order valence-electron chi connectivity index (χ1n) is 10.6. The molecule has 170 valence electrons. The second kappa shape index (κ2) is 8.24. The van der Waals surface area contributed by atoms with Gasteiger partial charge in [0.1, 0.15) is 6.04 Å². The summed E-state index contributed by atoms with van der Waals surface area (Å²) in [7, 11) is 0. The van der Waals surface area contributed by atoms with Gasteiger partial charge in [0.15, 0.2) is 5.69 Å². The lowest BCUT2D eigenvalue weighted by Crippen LogP contribution is -2.52. The number of carbonyl (C=O) groups excluding carboxylic acids is 4. The van der Waals surface area contributed by atoms with Crippen molar-refractivity contribution < 1.29 is 23.9 Å². The fourth-order valence-corrected chi connectivity index (χ4v) is 4.29. The first-order valence-corrected chi connectivity index (χ1v) is 10.6. The molecule has 3 aliphatic rings. The van der Waals surface area contributed by atoms with Crippen LogP contribution in [0.5, 0.6) is 0 Å². The normalized spacial score (nSPS) is 21.2. The van der Waals surface area contributed by atoms with Gasteiger partial charge in [-0.1, -0.05) is 17.9 Å². The second-order valence-electron chi connectivity index (χ2n) is 8.32. The summed E-state index contributed by atoms with van der Waals surface area (Å²) < 4.78 is 6.85. The lowest BCUT2D eigenvalue weighted by molar-refractivity contribution is -0.136. The molecule has 0 saturated carbocycles. The van der Waals surface area contributed by atoms with Crippen LogP contribution in [0.15, 0.2) is 36.5 Å². The minimum absolute atomic E-state index is 0.182. The first-order chi connectivity index (χ1) is 15.9. The number of hydrogen-bond acceptors (Lipinski definition) is 7. The molecule has 0 bridgehead atoms. The number of benzene rings is 1. The van der Waals surface area contributed by atoms with Gasteiger partial charge >= 0.3 is 0 Å². The average Bonchev–Trinajstić information content (AvgIpc) is 3.34. The van der Waals surface area contributed by atoms with Crippen molar-refractivity contribution >= 4 is 23.6 Å². The summed E-state index contributed by atoms with van der Waals surface area (Å²) in [6.07, 6.45) is 2.03. The summed E-state index contributed by atoms with van der Waals surface area (Å²) in [6.45, 7) is 5.89. The van der Waals surface area contributed by atoms with Crippen LogP contribution in [-0.2, 0) is 20.9 Å². The van der Waals surface area contributed by atoms with Crippen molar-refractivity contribution in [3.8, 4) is 5.69 Å². The van der Waals surface area contributed by atoms with Crippen molar-refractivity contribution in [1.29, 1.82) is 0 Å². The van der Waals surface area contributed by atoms with Crippen LogP contribution in [-0.4, -0.2) is 80.8 Å². The molecule has 11 nitrogen and oxygen atoms in total. The van der Waals surface area contributed by atoms with Crippen molar-refractivity contribution in [2.75, 3.05) is 26.3 Å². The molecule has 0 spiro atoms. The van der Waals surface area contributed by atoms with E-state index < -0.39 is 11.9 Å². The Morgan fingerprint density at radius 3 is 2.88 bits per heavy atom. The quantitative estimate of drug-likeness (QED) is 0.517. The van der Waals surface area contributed by atoms with E-state index in [1.807, 2.05) is 0 Å².